The highest BCUT2D eigenvalue weighted by Crippen LogP contribution is 2.35. The molecule has 0 aromatic carbocycles. The van der Waals surface area contributed by atoms with Crippen molar-refractivity contribution in [3.8, 4) is 16.3 Å². The first-order valence-electron chi connectivity index (χ1n) is 5.23. The third-order valence-electron chi connectivity index (χ3n) is 2.18. The van der Waals surface area contributed by atoms with Gasteiger partial charge >= 0.3 is 0 Å². The summed E-state index contributed by atoms with van der Waals surface area (Å²) in [5.74, 6) is 0.180. The predicted molar refractivity (Wildman–Crippen MR) is 64.6 cm³/mol. The molecule has 3 nitrogen and oxygen atoms in total. The molecule has 0 fully saturated rings. The number of aromatic nitrogens is 1. The number of aliphatic hydroxyl groups excluding tert-OH is 1. The molecule has 0 spiro atoms. The van der Waals surface area contributed by atoms with Crippen molar-refractivity contribution in [2.24, 2.45) is 0 Å². The topological polar surface area (TPSA) is 42.4 Å². The zero-order valence-electron chi connectivity index (χ0n) is 9.31. The molecule has 0 aliphatic heterocycles. The summed E-state index contributed by atoms with van der Waals surface area (Å²) in [6, 6.07) is 4.82. The summed E-state index contributed by atoms with van der Waals surface area (Å²) >= 11 is 1.19. The molecule has 17 heavy (non-hydrogen) atoms. The fraction of sp³-hybridized carbons (Fsp3) is 0.250. The predicted octanol–water partition coefficient (Wildman–Crippen LogP) is 2.84. The van der Waals surface area contributed by atoms with Crippen molar-refractivity contribution < 1.29 is 14.2 Å². The Bertz CT molecular complexity index is 513. The Morgan fingerprint density at radius 3 is 3.00 bits per heavy atom. The maximum absolute atomic E-state index is 13.7. The van der Waals surface area contributed by atoms with E-state index < -0.39 is 0 Å². The molecular weight excluding hydrogens is 241 g/mol. The summed E-state index contributed by atoms with van der Waals surface area (Å²) in [6.45, 7) is 2.19. The lowest BCUT2D eigenvalue weighted by Gasteiger charge is -2.07. The molecule has 0 bridgehead atoms. The highest BCUT2D eigenvalue weighted by atomic mass is 32.1. The Morgan fingerprint density at radius 1 is 1.53 bits per heavy atom. The number of aliphatic hydroxyl groups is 1. The molecule has 5 heteroatoms. The van der Waals surface area contributed by atoms with Crippen LogP contribution in [-0.2, 0) is 6.61 Å². The van der Waals surface area contributed by atoms with E-state index in [1.807, 2.05) is 6.92 Å². The number of hydrogen-bond donors (Lipinski definition) is 1. The second kappa shape index (κ2) is 5.25. The van der Waals surface area contributed by atoms with E-state index in [0.29, 0.717) is 27.8 Å². The first kappa shape index (κ1) is 12.0. The molecule has 90 valence electrons. The molecule has 0 aliphatic carbocycles. The van der Waals surface area contributed by atoms with Gasteiger partial charge < -0.3 is 9.84 Å². The van der Waals surface area contributed by atoms with Crippen molar-refractivity contribution in [1.82, 2.24) is 4.98 Å². The van der Waals surface area contributed by atoms with Crippen molar-refractivity contribution in [3.63, 3.8) is 0 Å². The van der Waals surface area contributed by atoms with Gasteiger partial charge in [-0.25, -0.2) is 4.39 Å². The molecule has 0 amide bonds. The summed E-state index contributed by atoms with van der Waals surface area (Å²) in [4.78, 5) is 5.12. The molecule has 2 aromatic heterocycles. The lowest BCUT2D eigenvalue weighted by Crippen LogP contribution is -1.95. The quantitative estimate of drug-likeness (QED) is 0.911. The van der Waals surface area contributed by atoms with E-state index in [2.05, 4.69) is 4.98 Å². The summed E-state index contributed by atoms with van der Waals surface area (Å²) in [6.07, 6.45) is 1.59. The van der Waals surface area contributed by atoms with Crippen LogP contribution < -0.4 is 4.74 Å². The molecule has 0 radical (unpaired) electrons. The van der Waals surface area contributed by atoms with Crippen LogP contribution in [0.25, 0.3) is 10.6 Å². The van der Waals surface area contributed by atoms with E-state index in [4.69, 9.17) is 9.84 Å². The number of rotatable bonds is 4. The van der Waals surface area contributed by atoms with Crippen LogP contribution in [0.1, 0.15) is 11.8 Å². The van der Waals surface area contributed by atoms with E-state index >= 15 is 0 Å². The summed E-state index contributed by atoms with van der Waals surface area (Å²) < 4.78 is 19.1. The number of nitrogens with zero attached hydrogens (tertiary/aromatic N) is 1. The molecule has 2 rings (SSSR count). The first-order valence-corrected chi connectivity index (χ1v) is 6.05. The third-order valence-corrected chi connectivity index (χ3v) is 3.28. The molecule has 0 aliphatic rings. The number of hydrogen-bond acceptors (Lipinski definition) is 4. The van der Waals surface area contributed by atoms with Crippen LogP contribution in [0.2, 0.25) is 0 Å². The zero-order chi connectivity index (χ0) is 12.3. The van der Waals surface area contributed by atoms with Gasteiger partial charge in [-0.3, -0.25) is 4.98 Å². The number of halogens is 1. The van der Waals surface area contributed by atoms with E-state index in [1.54, 1.807) is 18.3 Å². The normalized spacial score (nSPS) is 10.5. The van der Waals surface area contributed by atoms with Crippen LogP contribution >= 0.6 is 11.3 Å². The molecule has 0 saturated heterocycles. The highest BCUT2D eigenvalue weighted by Gasteiger charge is 2.15. The maximum Gasteiger partial charge on any atom is 0.146 e. The largest absolute Gasteiger partial charge is 0.492 e. The summed E-state index contributed by atoms with van der Waals surface area (Å²) in [5.41, 5.74) is 0.483. The fourth-order valence-corrected chi connectivity index (χ4v) is 2.38. The SMILES string of the molecule is CCOc1cccnc1-c1sc(CO)cc1F. The van der Waals surface area contributed by atoms with Gasteiger partial charge in [0.25, 0.3) is 0 Å². The zero-order valence-corrected chi connectivity index (χ0v) is 10.1. The monoisotopic (exact) mass is 253 g/mol. The second-order valence-corrected chi connectivity index (χ2v) is 4.47. The van der Waals surface area contributed by atoms with Gasteiger partial charge in [-0.1, -0.05) is 0 Å². The molecule has 0 atom stereocenters. The number of pyridine rings is 1. The Balaban J connectivity index is 2.47. The second-order valence-electron chi connectivity index (χ2n) is 3.33. The number of thiophene rings is 1. The summed E-state index contributed by atoms with van der Waals surface area (Å²) in [5, 5.41) is 8.99. The lowest BCUT2D eigenvalue weighted by molar-refractivity contribution is 0.285. The minimum Gasteiger partial charge on any atom is -0.492 e. The molecule has 1 N–H and O–H groups in total. The first-order chi connectivity index (χ1) is 8.26. The van der Waals surface area contributed by atoms with Crippen molar-refractivity contribution in [1.29, 1.82) is 0 Å². The van der Waals surface area contributed by atoms with Crippen molar-refractivity contribution in [2.75, 3.05) is 6.61 Å². The van der Waals surface area contributed by atoms with Crippen LogP contribution in [0.15, 0.2) is 24.4 Å². The van der Waals surface area contributed by atoms with Gasteiger partial charge in [-0.05, 0) is 25.1 Å². The fourth-order valence-electron chi connectivity index (χ4n) is 1.49. The Labute approximate surface area is 103 Å². The Morgan fingerprint density at radius 2 is 2.35 bits per heavy atom. The average molecular weight is 253 g/mol. The molecule has 2 aromatic rings. The van der Waals surface area contributed by atoms with E-state index in [9.17, 15) is 4.39 Å². The van der Waals surface area contributed by atoms with Crippen LogP contribution in [-0.4, -0.2) is 16.7 Å². The van der Waals surface area contributed by atoms with Crippen LogP contribution in [0.4, 0.5) is 4.39 Å². The third kappa shape index (κ3) is 2.45. The lowest BCUT2D eigenvalue weighted by atomic mass is 10.2. The molecule has 0 unspecified atom stereocenters. The smallest absolute Gasteiger partial charge is 0.146 e. The van der Waals surface area contributed by atoms with Crippen LogP contribution in [0.5, 0.6) is 5.75 Å². The van der Waals surface area contributed by atoms with Crippen molar-refractivity contribution >= 4 is 11.3 Å². The number of ether oxygens (including phenoxy) is 1. The highest BCUT2D eigenvalue weighted by molar-refractivity contribution is 7.15. The van der Waals surface area contributed by atoms with E-state index in [1.165, 1.54) is 17.4 Å². The van der Waals surface area contributed by atoms with Gasteiger partial charge in [0, 0.05) is 11.1 Å². The van der Waals surface area contributed by atoms with Crippen LogP contribution in [0.3, 0.4) is 0 Å². The van der Waals surface area contributed by atoms with Gasteiger partial charge in [0.1, 0.15) is 17.3 Å². The van der Waals surface area contributed by atoms with Gasteiger partial charge in [-0.15, -0.1) is 11.3 Å². The maximum atomic E-state index is 13.7. The Kier molecular flexibility index (Phi) is 3.71. The standard InChI is InChI=1S/C12H12FNO2S/c1-2-16-10-4-3-5-14-11(10)12-9(13)6-8(7-15)17-12/h3-6,15H,2,7H2,1H3. The van der Waals surface area contributed by atoms with Crippen molar-refractivity contribution in [3.05, 3.63) is 35.1 Å². The minimum absolute atomic E-state index is 0.168. The molecule has 2 heterocycles. The molecular formula is C12H12FNO2S. The molecule has 0 saturated carbocycles. The van der Waals surface area contributed by atoms with Gasteiger partial charge in [0.05, 0.1) is 18.1 Å². The average Bonchev–Trinajstić information content (AvgIpc) is 2.72. The van der Waals surface area contributed by atoms with E-state index in [0.717, 1.165) is 0 Å². The Hall–Kier alpha value is -1.46. The summed E-state index contributed by atoms with van der Waals surface area (Å²) in [7, 11) is 0. The minimum atomic E-state index is -0.376. The van der Waals surface area contributed by atoms with E-state index in [-0.39, 0.29) is 12.4 Å². The van der Waals surface area contributed by atoms with Gasteiger partial charge in [0.2, 0.25) is 0 Å². The van der Waals surface area contributed by atoms with Crippen LogP contribution in [0, 0.1) is 5.82 Å². The van der Waals surface area contributed by atoms with Gasteiger partial charge in [-0.2, -0.15) is 0 Å². The van der Waals surface area contributed by atoms with Gasteiger partial charge in [0.15, 0.2) is 0 Å². The van der Waals surface area contributed by atoms with Crippen molar-refractivity contribution in [2.45, 2.75) is 13.5 Å².